The van der Waals surface area contributed by atoms with Crippen LogP contribution in [-0.2, 0) is 0 Å². The Morgan fingerprint density at radius 3 is 2.76 bits per heavy atom. The van der Waals surface area contributed by atoms with E-state index >= 15 is 0 Å². The van der Waals surface area contributed by atoms with Gasteiger partial charge in [-0.05, 0) is 36.8 Å². The first-order valence-electron chi connectivity index (χ1n) is 8.75. The largest absolute Gasteiger partial charge is 0.497 e. The zero-order valence-electron chi connectivity index (χ0n) is 15.6. The van der Waals surface area contributed by atoms with E-state index in [1.165, 1.54) is 7.11 Å². The normalized spacial score (nSPS) is 11.2. The third-order valence-corrected chi connectivity index (χ3v) is 4.60. The summed E-state index contributed by atoms with van der Waals surface area (Å²) in [6, 6.07) is 12.2. The average molecular weight is 397 g/mol. The summed E-state index contributed by atoms with van der Waals surface area (Å²) in [4.78, 5) is 12.8. The number of H-pyrrole nitrogens is 1. The fourth-order valence-electron chi connectivity index (χ4n) is 3.13. The maximum absolute atomic E-state index is 13.9. The number of alkyl halides is 2. The molecule has 0 atom stereocenters. The Morgan fingerprint density at radius 2 is 2.03 bits per heavy atom. The molecule has 2 aromatic carbocycles. The highest BCUT2D eigenvalue weighted by atomic mass is 19.3. The maximum Gasteiger partial charge on any atom is 0.281 e. The second-order valence-corrected chi connectivity index (χ2v) is 6.38. The zero-order valence-corrected chi connectivity index (χ0v) is 15.6. The van der Waals surface area contributed by atoms with Gasteiger partial charge in [0.2, 0.25) is 0 Å². The van der Waals surface area contributed by atoms with E-state index < -0.39 is 18.0 Å². The van der Waals surface area contributed by atoms with E-state index in [2.05, 4.69) is 20.6 Å². The van der Waals surface area contributed by atoms with Crippen molar-refractivity contribution in [2.24, 2.45) is 0 Å². The molecule has 29 heavy (non-hydrogen) atoms. The highest BCUT2D eigenvalue weighted by Gasteiger charge is 2.26. The van der Waals surface area contributed by atoms with Gasteiger partial charge in [0.05, 0.1) is 30.1 Å². The summed E-state index contributed by atoms with van der Waals surface area (Å²) < 4.78 is 34.0. The fourth-order valence-corrected chi connectivity index (χ4v) is 3.13. The molecule has 0 spiro atoms. The van der Waals surface area contributed by atoms with E-state index in [0.29, 0.717) is 22.3 Å². The summed E-state index contributed by atoms with van der Waals surface area (Å²) in [5.74, 6) is 0.0687. The van der Waals surface area contributed by atoms with Gasteiger partial charge >= 0.3 is 0 Å². The number of aromatic amines is 1. The number of amides is 1. The number of carbonyl (C=O) groups is 1. The van der Waals surface area contributed by atoms with E-state index in [-0.39, 0.29) is 11.4 Å². The number of para-hydroxylation sites is 1. The molecule has 0 saturated carbocycles. The van der Waals surface area contributed by atoms with Crippen LogP contribution in [0.25, 0.3) is 16.6 Å². The lowest BCUT2D eigenvalue weighted by atomic mass is 10.2. The van der Waals surface area contributed by atoms with Crippen LogP contribution in [-0.4, -0.2) is 33.0 Å². The van der Waals surface area contributed by atoms with Crippen molar-refractivity contribution < 1.29 is 18.3 Å². The van der Waals surface area contributed by atoms with Crippen LogP contribution in [0.4, 0.5) is 14.6 Å². The number of nitrogens with zero attached hydrogens (tertiary/aromatic N) is 3. The number of aromatic nitrogens is 4. The van der Waals surface area contributed by atoms with E-state index in [9.17, 15) is 13.6 Å². The number of halogens is 2. The topological polar surface area (TPSA) is 84.8 Å². The highest BCUT2D eigenvalue weighted by molar-refractivity contribution is 6.08. The molecule has 2 heterocycles. The molecule has 4 aromatic rings. The minimum Gasteiger partial charge on any atom is -0.497 e. The van der Waals surface area contributed by atoms with Gasteiger partial charge in [-0.2, -0.15) is 10.2 Å². The van der Waals surface area contributed by atoms with E-state index in [4.69, 9.17) is 4.74 Å². The summed E-state index contributed by atoms with van der Waals surface area (Å²) in [6.07, 6.45) is -1.76. The van der Waals surface area contributed by atoms with Crippen molar-refractivity contribution in [1.82, 2.24) is 20.0 Å². The van der Waals surface area contributed by atoms with Crippen LogP contribution < -0.4 is 10.1 Å². The van der Waals surface area contributed by atoms with Gasteiger partial charge in [0.1, 0.15) is 11.4 Å². The Morgan fingerprint density at radius 1 is 1.24 bits per heavy atom. The summed E-state index contributed by atoms with van der Waals surface area (Å²) in [7, 11) is 1.52. The molecule has 0 fully saturated rings. The summed E-state index contributed by atoms with van der Waals surface area (Å²) in [5, 5.41) is 14.1. The quantitative estimate of drug-likeness (QED) is 0.527. The van der Waals surface area contributed by atoms with Crippen LogP contribution in [0.1, 0.15) is 28.0 Å². The van der Waals surface area contributed by atoms with Crippen molar-refractivity contribution in [2.75, 3.05) is 12.4 Å². The first-order valence-corrected chi connectivity index (χ1v) is 8.75. The van der Waals surface area contributed by atoms with Crippen LogP contribution in [0.2, 0.25) is 0 Å². The molecule has 148 valence electrons. The summed E-state index contributed by atoms with van der Waals surface area (Å²) in [5.41, 5.74) is 1.22. The summed E-state index contributed by atoms with van der Waals surface area (Å²) in [6.45, 7) is 1.79. The Hall–Kier alpha value is -3.75. The molecule has 1 amide bonds. The van der Waals surface area contributed by atoms with E-state index in [1.807, 2.05) is 0 Å². The monoisotopic (exact) mass is 397 g/mol. The number of methoxy groups -OCH3 is 1. The van der Waals surface area contributed by atoms with Gasteiger partial charge in [0, 0.05) is 5.39 Å². The second kappa shape index (κ2) is 7.34. The van der Waals surface area contributed by atoms with Crippen LogP contribution in [0.3, 0.4) is 0 Å². The third-order valence-electron chi connectivity index (χ3n) is 4.60. The zero-order chi connectivity index (χ0) is 20.5. The minimum absolute atomic E-state index is 0.216. The lowest BCUT2D eigenvalue weighted by molar-refractivity contribution is 0.100. The molecule has 9 heteroatoms. The van der Waals surface area contributed by atoms with Gasteiger partial charge in [-0.15, -0.1) is 0 Å². The van der Waals surface area contributed by atoms with Gasteiger partial charge in [-0.3, -0.25) is 9.89 Å². The predicted octanol–water partition coefficient (Wildman–Crippen LogP) is 4.26. The number of ether oxygens (including phenoxy) is 1. The number of aryl methyl sites for hydroxylation is 1. The lowest BCUT2D eigenvalue weighted by Crippen LogP contribution is -2.15. The average Bonchev–Trinajstić information content (AvgIpc) is 3.32. The van der Waals surface area contributed by atoms with Crippen LogP contribution in [0.5, 0.6) is 5.75 Å². The Kier molecular flexibility index (Phi) is 4.71. The second-order valence-electron chi connectivity index (χ2n) is 6.38. The Labute approximate surface area is 164 Å². The number of anilines is 1. The van der Waals surface area contributed by atoms with E-state index in [0.717, 1.165) is 16.4 Å². The van der Waals surface area contributed by atoms with E-state index in [1.54, 1.807) is 49.4 Å². The standard InChI is InChI=1S/C20H17F2N5O2/c1-11-5-3-4-6-16(11)27-17(18(21)22)14(10-23-27)20(28)24-19-13-9-12(29-2)7-8-15(13)25-26-19/h3-10,18H,1-2H3,(H2,24,25,26,28). The van der Waals surface area contributed by atoms with Crippen molar-refractivity contribution in [2.45, 2.75) is 13.3 Å². The number of hydrogen-bond donors (Lipinski definition) is 2. The van der Waals surface area contributed by atoms with Crippen LogP contribution >= 0.6 is 0 Å². The third kappa shape index (κ3) is 3.31. The number of hydrogen-bond acceptors (Lipinski definition) is 4. The van der Waals surface area contributed by atoms with Crippen molar-refractivity contribution in [3.63, 3.8) is 0 Å². The molecule has 0 aliphatic carbocycles. The minimum atomic E-state index is -2.89. The van der Waals surface area contributed by atoms with Crippen molar-refractivity contribution in [3.8, 4) is 11.4 Å². The molecule has 2 aromatic heterocycles. The van der Waals surface area contributed by atoms with Gasteiger partial charge in [-0.25, -0.2) is 13.5 Å². The van der Waals surface area contributed by atoms with Gasteiger partial charge in [0.25, 0.3) is 12.3 Å². The fraction of sp³-hybridized carbons (Fsp3) is 0.150. The molecular weight excluding hydrogens is 380 g/mol. The molecule has 0 unspecified atom stereocenters. The number of fused-ring (bicyclic) bond motifs is 1. The Bertz CT molecular complexity index is 1200. The number of nitrogens with one attached hydrogen (secondary N) is 2. The number of rotatable bonds is 5. The molecule has 7 nitrogen and oxygen atoms in total. The molecule has 0 saturated heterocycles. The van der Waals surface area contributed by atoms with Gasteiger partial charge in [0.15, 0.2) is 5.82 Å². The predicted molar refractivity (Wildman–Crippen MR) is 104 cm³/mol. The number of carbonyl (C=O) groups excluding carboxylic acids is 1. The molecule has 2 N–H and O–H groups in total. The van der Waals surface area contributed by atoms with Gasteiger partial charge in [-0.1, -0.05) is 18.2 Å². The molecule has 0 aliphatic heterocycles. The summed E-state index contributed by atoms with van der Waals surface area (Å²) >= 11 is 0. The lowest BCUT2D eigenvalue weighted by Gasteiger charge is -2.11. The van der Waals surface area contributed by atoms with Gasteiger partial charge < -0.3 is 10.1 Å². The number of benzene rings is 2. The highest BCUT2D eigenvalue weighted by Crippen LogP contribution is 2.29. The molecule has 4 rings (SSSR count). The molecular formula is C20H17F2N5O2. The Balaban J connectivity index is 1.72. The molecule has 0 radical (unpaired) electrons. The smallest absolute Gasteiger partial charge is 0.281 e. The van der Waals surface area contributed by atoms with Crippen molar-refractivity contribution in [3.05, 3.63) is 65.5 Å². The first kappa shape index (κ1) is 18.6. The maximum atomic E-state index is 13.9. The van der Waals surface area contributed by atoms with Crippen LogP contribution in [0.15, 0.2) is 48.7 Å². The SMILES string of the molecule is COc1ccc2[nH]nc(NC(=O)c3cnn(-c4ccccc4C)c3C(F)F)c2c1. The molecule has 0 aliphatic rings. The first-order chi connectivity index (χ1) is 14.0. The molecule has 0 bridgehead atoms. The van der Waals surface area contributed by atoms with Crippen LogP contribution in [0, 0.1) is 6.92 Å². The van der Waals surface area contributed by atoms with Crippen molar-refractivity contribution in [1.29, 1.82) is 0 Å². The van der Waals surface area contributed by atoms with Crippen molar-refractivity contribution >= 4 is 22.6 Å².